The Morgan fingerprint density at radius 3 is 2.62 bits per heavy atom. The first-order valence-electron chi connectivity index (χ1n) is 9.41. The van der Waals surface area contributed by atoms with E-state index in [1.54, 1.807) is 0 Å². The Kier molecular flexibility index (Phi) is 6.65. The van der Waals surface area contributed by atoms with Gasteiger partial charge in [0.15, 0.2) is 0 Å². The third kappa shape index (κ3) is 5.32. The monoisotopic (exact) mass is 348 g/mol. The molecule has 1 saturated heterocycles. The molecule has 4 nitrogen and oxygen atoms in total. The van der Waals surface area contributed by atoms with Crippen LogP contribution in [0.15, 0.2) is 54.6 Å². The number of nitriles is 1. The van der Waals surface area contributed by atoms with Crippen molar-refractivity contribution in [3.8, 4) is 6.07 Å². The molecule has 1 fully saturated rings. The van der Waals surface area contributed by atoms with Gasteiger partial charge in [0.25, 0.3) is 0 Å². The molecule has 0 bridgehead atoms. The minimum Gasteiger partial charge on any atom is -0.374 e. The lowest BCUT2D eigenvalue weighted by molar-refractivity contribution is 0.320. The van der Waals surface area contributed by atoms with Crippen molar-refractivity contribution in [2.45, 2.75) is 32.0 Å². The van der Waals surface area contributed by atoms with Crippen LogP contribution < -0.4 is 10.2 Å². The molecule has 0 aliphatic carbocycles. The lowest BCUT2D eigenvalue weighted by Gasteiger charge is -2.19. The summed E-state index contributed by atoms with van der Waals surface area (Å²) >= 11 is 0. The van der Waals surface area contributed by atoms with Crippen LogP contribution in [0, 0.1) is 11.3 Å². The lowest BCUT2D eigenvalue weighted by Crippen LogP contribution is -2.32. The Bertz CT molecular complexity index is 705. The van der Waals surface area contributed by atoms with E-state index in [0.717, 1.165) is 32.7 Å². The number of nitrogens with one attached hydrogen (secondary N) is 1. The molecule has 2 aromatic rings. The van der Waals surface area contributed by atoms with Crippen LogP contribution in [0.3, 0.4) is 0 Å². The molecule has 2 aromatic carbocycles. The van der Waals surface area contributed by atoms with Crippen LogP contribution in [-0.4, -0.2) is 37.6 Å². The van der Waals surface area contributed by atoms with E-state index in [-0.39, 0.29) is 0 Å². The molecule has 0 spiro atoms. The summed E-state index contributed by atoms with van der Waals surface area (Å²) in [6, 6.07) is 22.1. The SMILES string of the molecule is CN(CCC#N)c1ccc(CN[C@@H]2CCN(Cc3ccccc3)C2)cc1. The van der Waals surface area contributed by atoms with E-state index in [1.807, 2.05) is 7.05 Å². The fourth-order valence-corrected chi connectivity index (χ4v) is 3.46. The van der Waals surface area contributed by atoms with Gasteiger partial charge >= 0.3 is 0 Å². The molecule has 136 valence electrons. The van der Waals surface area contributed by atoms with Crippen molar-refractivity contribution in [2.24, 2.45) is 0 Å². The molecule has 26 heavy (non-hydrogen) atoms. The van der Waals surface area contributed by atoms with E-state index in [2.05, 4.69) is 75.8 Å². The lowest BCUT2D eigenvalue weighted by atomic mass is 10.1. The molecule has 3 rings (SSSR count). The second-order valence-electron chi connectivity index (χ2n) is 7.08. The number of hydrogen-bond acceptors (Lipinski definition) is 4. The number of rotatable bonds is 8. The van der Waals surface area contributed by atoms with Crippen molar-refractivity contribution in [2.75, 3.05) is 31.6 Å². The summed E-state index contributed by atoms with van der Waals surface area (Å²) in [5, 5.41) is 12.4. The maximum atomic E-state index is 8.69. The second kappa shape index (κ2) is 9.38. The van der Waals surface area contributed by atoms with Gasteiger partial charge in [0.2, 0.25) is 0 Å². The largest absolute Gasteiger partial charge is 0.374 e. The molecule has 0 radical (unpaired) electrons. The van der Waals surface area contributed by atoms with Crippen molar-refractivity contribution < 1.29 is 0 Å². The van der Waals surface area contributed by atoms with Crippen LogP contribution in [0.1, 0.15) is 24.0 Å². The van der Waals surface area contributed by atoms with E-state index >= 15 is 0 Å². The first kappa shape index (κ1) is 18.4. The first-order valence-corrected chi connectivity index (χ1v) is 9.41. The van der Waals surface area contributed by atoms with Crippen molar-refractivity contribution in [3.63, 3.8) is 0 Å². The Balaban J connectivity index is 1.42. The van der Waals surface area contributed by atoms with Gasteiger partial charge in [-0.3, -0.25) is 4.90 Å². The van der Waals surface area contributed by atoms with Gasteiger partial charge in [-0.2, -0.15) is 5.26 Å². The van der Waals surface area contributed by atoms with Crippen LogP contribution >= 0.6 is 0 Å². The van der Waals surface area contributed by atoms with E-state index < -0.39 is 0 Å². The molecule has 0 amide bonds. The fourth-order valence-electron chi connectivity index (χ4n) is 3.46. The molecule has 1 heterocycles. The third-order valence-corrected chi connectivity index (χ3v) is 5.05. The second-order valence-corrected chi connectivity index (χ2v) is 7.08. The summed E-state index contributed by atoms with van der Waals surface area (Å²) in [7, 11) is 2.03. The average Bonchev–Trinajstić information content (AvgIpc) is 3.13. The molecule has 1 aliphatic heterocycles. The Morgan fingerprint density at radius 2 is 1.88 bits per heavy atom. The Labute approximate surface area is 157 Å². The maximum Gasteiger partial charge on any atom is 0.0640 e. The van der Waals surface area contributed by atoms with E-state index in [4.69, 9.17) is 5.26 Å². The molecule has 0 saturated carbocycles. The van der Waals surface area contributed by atoms with Crippen molar-refractivity contribution in [1.29, 1.82) is 5.26 Å². The van der Waals surface area contributed by atoms with E-state index in [1.165, 1.54) is 23.2 Å². The average molecular weight is 348 g/mol. The van der Waals surface area contributed by atoms with Gasteiger partial charge in [0, 0.05) is 51.5 Å². The van der Waals surface area contributed by atoms with Gasteiger partial charge in [-0.05, 0) is 29.7 Å². The van der Waals surface area contributed by atoms with Crippen molar-refractivity contribution in [1.82, 2.24) is 10.2 Å². The van der Waals surface area contributed by atoms with E-state index in [0.29, 0.717) is 12.5 Å². The van der Waals surface area contributed by atoms with Gasteiger partial charge in [0.1, 0.15) is 0 Å². The molecule has 4 heteroatoms. The molecular formula is C22H28N4. The number of hydrogen-bond donors (Lipinski definition) is 1. The first-order chi connectivity index (χ1) is 12.7. The highest BCUT2D eigenvalue weighted by atomic mass is 15.2. The Hall–Kier alpha value is -2.35. The highest BCUT2D eigenvalue weighted by Gasteiger charge is 2.21. The predicted octanol–water partition coefficient (Wildman–Crippen LogP) is 3.40. The molecular weight excluding hydrogens is 320 g/mol. The van der Waals surface area contributed by atoms with Gasteiger partial charge in [0.05, 0.1) is 12.5 Å². The van der Waals surface area contributed by atoms with Crippen molar-refractivity contribution in [3.05, 3.63) is 65.7 Å². The fraction of sp³-hybridized carbons (Fsp3) is 0.409. The van der Waals surface area contributed by atoms with Crippen LogP contribution in [0.2, 0.25) is 0 Å². The number of nitrogens with zero attached hydrogens (tertiary/aromatic N) is 3. The van der Waals surface area contributed by atoms with Gasteiger partial charge < -0.3 is 10.2 Å². The summed E-state index contributed by atoms with van der Waals surface area (Å²) in [5.41, 5.74) is 3.87. The Morgan fingerprint density at radius 1 is 1.12 bits per heavy atom. The summed E-state index contributed by atoms with van der Waals surface area (Å²) in [6.07, 6.45) is 1.77. The number of anilines is 1. The van der Waals surface area contributed by atoms with Crippen LogP contribution in [0.25, 0.3) is 0 Å². The summed E-state index contributed by atoms with van der Waals surface area (Å²) in [4.78, 5) is 4.65. The molecule has 0 aromatic heterocycles. The van der Waals surface area contributed by atoms with Gasteiger partial charge in [-0.25, -0.2) is 0 Å². The highest BCUT2D eigenvalue weighted by Crippen LogP contribution is 2.16. The zero-order chi connectivity index (χ0) is 18.2. The third-order valence-electron chi connectivity index (χ3n) is 5.05. The standard InChI is InChI=1S/C22H28N4/c1-25(14-5-13-23)22-10-8-19(9-11-22)16-24-21-12-15-26(18-21)17-20-6-3-2-4-7-20/h2-4,6-11,21,24H,5,12,14-18H2,1H3/t21-/m1/s1. The molecule has 1 N–H and O–H groups in total. The number of benzene rings is 2. The number of likely N-dealkylation sites (tertiary alicyclic amines) is 1. The summed E-state index contributed by atoms with van der Waals surface area (Å²) < 4.78 is 0. The normalized spacial score (nSPS) is 17.2. The van der Waals surface area contributed by atoms with Crippen LogP contribution in [-0.2, 0) is 13.1 Å². The van der Waals surface area contributed by atoms with E-state index in [9.17, 15) is 0 Å². The maximum absolute atomic E-state index is 8.69. The zero-order valence-electron chi connectivity index (χ0n) is 15.6. The van der Waals surface area contributed by atoms with Crippen LogP contribution in [0.4, 0.5) is 5.69 Å². The predicted molar refractivity (Wildman–Crippen MR) is 107 cm³/mol. The minimum absolute atomic E-state index is 0.557. The summed E-state index contributed by atoms with van der Waals surface area (Å²) in [5.74, 6) is 0. The zero-order valence-corrected chi connectivity index (χ0v) is 15.6. The summed E-state index contributed by atoms with van der Waals surface area (Å²) in [6.45, 7) is 5.00. The topological polar surface area (TPSA) is 42.3 Å². The smallest absolute Gasteiger partial charge is 0.0640 e. The van der Waals surface area contributed by atoms with Crippen molar-refractivity contribution >= 4 is 5.69 Å². The molecule has 1 atom stereocenters. The highest BCUT2D eigenvalue weighted by molar-refractivity contribution is 5.46. The molecule has 1 aliphatic rings. The van der Waals surface area contributed by atoms with Gasteiger partial charge in [-0.15, -0.1) is 0 Å². The quantitative estimate of drug-likeness (QED) is 0.794. The molecule has 0 unspecified atom stereocenters. The van der Waals surface area contributed by atoms with Gasteiger partial charge in [-0.1, -0.05) is 42.5 Å². The minimum atomic E-state index is 0.557. The van der Waals surface area contributed by atoms with Crippen LogP contribution in [0.5, 0.6) is 0 Å².